The smallest absolute Gasteiger partial charge is 0.307 e. The van der Waals surface area contributed by atoms with Crippen molar-refractivity contribution in [2.75, 3.05) is 0 Å². The Balaban J connectivity index is 1.22. The van der Waals surface area contributed by atoms with E-state index in [1.165, 1.54) is 19.3 Å². The van der Waals surface area contributed by atoms with Crippen molar-refractivity contribution in [2.45, 2.75) is 82.3 Å². The van der Waals surface area contributed by atoms with Gasteiger partial charge >= 0.3 is 5.97 Å². The van der Waals surface area contributed by atoms with Gasteiger partial charge in [-0.2, -0.15) is 0 Å². The molecular formula is C32H38O5. The van der Waals surface area contributed by atoms with E-state index < -0.39 is 17.7 Å². The molecule has 5 aliphatic carbocycles. The molecule has 4 bridgehead atoms. The highest BCUT2D eigenvalue weighted by molar-refractivity contribution is 5.85. The Morgan fingerprint density at radius 1 is 0.865 bits per heavy atom. The summed E-state index contributed by atoms with van der Waals surface area (Å²) in [5.74, 6) is 1.91. The fourth-order valence-corrected chi connectivity index (χ4v) is 8.81. The normalized spacial score (nSPS) is 36.0. The van der Waals surface area contributed by atoms with E-state index >= 15 is 0 Å². The Morgan fingerprint density at radius 2 is 1.51 bits per heavy atom. The molecule has 37 heavy (non-hydrogen) atoms. The van der Waals surface area contributed by atoms with Crippen molar-refractivity contribution < 1.29 is 24.5 Å². The van der Waals surface area contributed by atoms with Crippen molar-refractivity contribution in [3.05, 3.63) is 54.6 Å². The molecule has 0 spiro atoms. The summed E-state index contributed by atoms with van der Waals surface area (Å²) in [6.45, 7) is 0. The van der Waals surface area contributed by atoms with Gasteiger partial charge in [-0.25, -0.2) is 0 Å². The fraction of sp³-hybridized carbons (Fsp3) is 0.562. The topological polar surface area (TPSA) is 83.8 Å². The monoisotopic (exact) mass is 502 g/mol. The van der Waals surface area contributed by atoms with E-state index in [0.717, 1.165) is 48.1 Å². The van der Waals surface area contributed by atoms with Crippen molar-refractivity contribution in [1.29, 1.82) is 0 Å². The second kappa shape index (κ2) is 9.58. The van der Waals surface area contributed by atoms with Crippen LogP contribution in [0.1, 0.15) is 70.6 Å². The highest BCUT2D eigenvalue weighted by Gasteiger charge is 2.56. The van der Waals surface area contributed by atoms with Crippen LogP contribution < -0.4 is 4.74 Å². The first-order valence-electron chi connectivity index (χ1n) is 14.1. The molecule has 0 aromatic heterocycles. The molecule has 3 atom stereocenters. The van der Waals surface area contributed by atoms with Crippen LogP contribution in [0, 0.1) is 29.1 Å². The van der Waals surface area contributed by atoms with Gasteiger partial charge in [-0.1, -0.05) is 42.5 Å². The molecule has 196 valence electrons. The van der Waals surface area contributed by atoms with Gasteiger partial charge in [-0.15, -0.1) is 0 Å². The Morgan fingerprint density at radius 3 is 2.16 bits per heavy atom. The standard InChI is InChI=1S/C32H38O5/c33-28(31-17-21-13-22(18-31)15-23(14-21)19-31)11-9-26-10-12-29(34)32(26,20-30(35)36)37-27-8-4-7-25(16-27)24-5-2-1-3-6-24/h1-8,16,21-23,26,29,34H,9-15,17-20H2,(H,35,36). The minimum absolute atomic E-state index is 0.147. The summed E-state index contributed by atoms with van der Waals surface area (Å²) in [4.78, 5) is 25.7. The summed E-state index contributed by atoms with van der Waals surface area (Å²) < 4.78 is 6.50. The maximum atomic E-state index is 13.7. The molecule has 0 heterocycles. The van der Waals surface area contributed by atoms with E-state index in [-0.39, 0.29) is 17.8 Å². The van der Waals surface area contributed by atoms with Crippen molar-refractivity contribution in [2.24, 2.45) is 29.1 Å². The largest absolute Gasteiger partial charge is 0.484 e. The van der Waals surface area contributed by atoms with Gasteiger partial charge in [-0.3, -0.25) is 9.59 Å². The second-order valence-corrected chi connectivity index (χ2v) is 12.5. The Bertz CT molecular complexity index is 1120. The zero-order valence-corrected chi connectivity index (χ0v) is 21.5. The first-order valence-corrected chi connectivity index (χ1v) is 14.1. The van der Waals surface area contributed by atoms with Crippen LogP contribution in [0.4, 0.5) is 0 Å². The zero-order valence-electron chi connectivity index (χ0n) is 21.5. The SMILES string of the molecule is O=C(O)CC1(Oc2cccc(-c3ccccc3)c2)C(O)CCC1CCC(=O)C12CC3CC(CC(C3)C1)C2. The highest BCUT2D eigenvalue weighted by atomic mass is 16.5. The molecule has 0 aliphatic heterocycles. The molecule has 5 heteroatoms. The third-order valence-electron chi connectivity index (χ3n) is 10.1. The molecule has 5 saturated carbocycles. The molecule has 2 N–H and O–H groups in total. The first-order chi connectivity index (χ1) is 17.8. The summed E-state index contributed by atoms with van der Waals surface area (Å²) in [5.41, 5.74) is 0.643. The number of rotatable bonds is 9. The number of aliphatic hydroxyl groups excluding tert-OH is 1. The molecule has 5 aliphatic rings. The molecule has 0 saturated heterocycles. The number of carboxylic acids is 1. The third-order valence-corrected chi connectivity index (χ3v) is 10.1. The van der Waals surface area contributed by atoms with Gasteiger partial charge in [0.1, 0.15) is 17.1 Å². The number of ketones is 1. The van der Waals surface area contributed by atoms with Gasteiger partial charge in [0.25, 0.3) is 0 Å². The van der Waals surface area contributed by atoms with E-state index in [0.29, 0.717) is 37.2 Å². The number of carbonyl (C=O) groups is 2. The minimum atomic E-state index is -1.23. The molecule has 7 rings (SSSR count). The quantitative estimate of drug-likeness (QED) is 0.421. The molecule has 0 radical (unpaired) electrons. The van der Waals surface area contributed by atoms with Crippen LogP contribution in [0.2, 0.25) is 0 Å². The lowest BCUT2D eigenvalue weighted by Crippen LogP contribution is -2.51. The highest BCUT2D eigenvalue weighted by Crippen LogP contribution is 2.61. The van der Waals surface area contributed by atoms with Gasteiger partial charge in [0.05, 0.1) is 12.5 Å². The van der Waals surface area contributed by atoms with Crippen LogP contribution in [0.25, 0.3) is 11.1 Å². The van der Waals surface area contributed by atoms with Crippen LogP contribution in [0.3, 0.4) is 0 Å². The summed E-state index contributed by atoms with van der Waals surface area (Å²) in [7, 11) is 0. The number of Topliss-reactive ketones (excluding diaryl/α,β-unsaturated/α-hetero) is 1. The van der Waals surface area contributed by atoms with Crippen LogP contribution >= 0.6 is 0 Å². The van der Waals surface area contributed by atoms with Crippen molar-refractivity contribution in [3.63, 3.8) is 0 Å². The number of aliphatic hydroxyl groups is 1. The zero-order chi connectivity index (χ0) is 25.6. The number of carbonyl (C=O) groups excluding carboxylic acids is 1. The van der Waals surface area contributed by atoms with Gasteiger partial charge in [0, 0.05) is 17.8 Å². The second-order valence-electron chi connectivity index (χ2n) is 12.5. The number of aliphatic carboxylic acids is 1. The maximum absolute atomic E-state index is 13.7. The molecule has 0 amide bonds. The van der Waals surface area contributed by atoms with Crippen molar-refractivity contribution in [3.8, 4) is 16.9 Å². The summed E-state index contributed by atoms with van der Waals surface area (Å²) in [5, 5.41) is 21.0. The lowest BCUT2D eigenvalue weighted by Gasteiger charge is -2.56. The number of benzene rings is 2. The molecule has 3 unspecified atom stereocenters. The third kappa shape index (κ3) is 4.60. The van der Waals surface area contributed by atoms with Gasteiger partial charge in [0.2, 0.25) is 0 Å². The predicted octanol–water partition coefficient (Wildman–Crippen LogP) is 6.28. The molecular weight excluding hydrogens is 464 g/mol. The molecule has 5 fully saturated rings. The minimum Gasteiger partial charge on any atom is -0.484 e. The van der Waals surface area contributed by atoms with Crippen LogP contribution in [-0.4, -0.2) is 33.7 Å². The average molecular weight is 503 g/mol. The van der Waals surface area contributed by atoms with Gasteiger partial charge in [0.15, 0.2) is 0 Å². The average Bonchev–Trinajstić information content (AvgIpc) is 3.16. The number of hydrogen-bond acceptors (Lipinski definition) is 4. The Kier molecular flexibility index (Phi) is 6.38. The fourth-order valence-electron chi connectivity index (χ4n) is 8.81. The number of hydrogen-bond donors (Lipinski definition) is 2. The number of carboxylic acid groups (broad SMARTS) is 1. The van der Waals surface area contributed by atoms with Crippen LogP contribution in [-0.2, 0) is 9.59 Å². The van der Waals surface area contributed by atoms with Crippen molar-refractivity contribution in [1.82, 2.24) is 0 Å². The predicted molar refractivity (Wildman–Crippen MR) is 141 cm³/mol. The van der Waals surface area contributed by atoms with Gasteiger partial charge in [-0.05, 0) is 98.8 Å². The molecule has 2 aromatic rings. The van der Waals surface area contributed by atoms with E-state index in [1.807, 2.05) is 54.6 Å². The Labute approximate surface area is 219 Å². The summed E-state index contributed by atoms with van der Waals surface area (Å²) >= 11 is 0. The van der Waals surface area contributed by atoms with Crippen LogP contribution in [0.5, 0.6) is 5.75 Å². The van der Waals surface area contributed by atoms with E-state index in [1.54, 1.807) is 0 Å². The first kappa shape index (κ1) is 24.7. The lowest BCUT2D eigenvalue weighted by molar-refractivity contribution is -0.149. The summed E-state index contributed by atoms with van der Waals surface area (Å²) in [6.07, 6.45) is 8.08. The lowest BCUT2D eigenvalue weighted by atomic mass is 9.48. The number of ether oxygens (including phenoxy) is 1. The summed E-state index contributed by atoms with van der Waals surface area (Å²) in [6, 6.07) is 17.6. The Hall–Kier alpha value is -2.66. The molecule has 5 nitrogen and oxygen atoms in total. The maximum Gasteiger partial charge on any atom is 0.307 e. The van der Waals surface area contributed by atoms with Gasteiger partial charge < -0.3 is 14.9 Å². The molecule has 2 aromatic carbocycles. The van der Waals surface area contributed by atoms with Crippen LogP contribution in [0.15, 0.2) is 54.6 Å². The van der Waals surface area contributed by atoms with E-state index in [9.17, 15) is 19.8 Å². The van der Waals surface area contributed by atoms with E-state index in [4.69, 9.17) is 4.74 Å². The van der Waals surface area contributed by atoms with Crippen molar-refractivity contribution >= 4 is 11.8 Å². The van der Waals surface area contributed by atoms with E-state index in [2.05, 4.69) is 0 Å².